The van der Waals surface area contributed by atoms with Crippen molar-refractivity contribution in [1.29, 1.82) is 0 Å². The van der Waals surface area contributed by atoms with E-state index in [-0.39, 0.29) is 17.7 Å². The van der Waals surface area contributed by atoms with Crippen LogP contribution >= 0.6 is 11.3 Å². The zero-order chi connectivity index (χ0) is 12.0. The van der Waals surface area contributed by atoms with Crippen LogP contribution in [0.2, 0.25) is 0 Å². The number of nitrogens with zero attached hydrogens (tertiary/aromatic N) is 2. The second-order valence-corrected chi connectivity index (χ2v) is 5.55. The molecule has 2 aliphatic rings. The van der Waals surface area contributed by atoms with E-state index in [1.165, 1.54) is 16.2 Å². The molecule has 3 rings (SSSR count). The van der Waals surface area contributed by atoms with E-state index in [0.29, 0.717) is 18.0 Å². The number of fused-ring (bicyclic) bond motifs is 1. The van der Waals surface area contributed by atoms with E-state index in [1.54, 1.807) is 11.6 Å². The maximum atomic E-state index is 12.4. The van der Waals surface area contributed by atoms with Gasteiger partial charge in [-0.1, -0.05) is 12.2 Å². The fraction of sp³-hybridized carbons (Fsp3) is 0.417. The van der Waals surface area contributed by atoms with Gasteiger partial charge in [0.05, 0.1) is 11.3 Å². The number of hydrogen-bond donors (Lipinski definition) is 0. The lowest BCUT2D eigenvalue weighted by molar-refractivity contribution is -0.126. The highest BCUT2D eigenvalue weighted by Gasteiger charge is 2.57. The minimum atomic E-state index is -0.572. The van der Waals surface area contributed by atoms with Crippen LogP contribution in [0.4, 0.5) is 5.13 Å². The van der Waals surface area contributed by atoms with Crippen molar-refractivity contribution in [3.05, 3.63) is 23.7 Å². The average Bonchev–Trinajstić information content (AvgIpc) is 2.88. The molecule has 0 N–H and O–H groups in total. The van der Waals surface area contributed by atoms with Crippen LogP contribution in [-0.4, -0.2) is 16.8 Å². The van der Waals surface area contributed by atoms with E-state index in [1.807, 2.05) is 19.1 Å². The van der Waals surface area contributed by atoms with Crippen molar-refractivity contribution in [1.82, 2.24) is 4.98 Å². The lowest BCUT2D eigenvalue weighted by Gasteiger charge is -2.27. The molecule has 2 amide bonds. The highest BCUT2D eigenvalue weighted by molar-refractivity contribution is 7.14. The minimum Gasteiger partial charge on any atom is -0.274 e. The molecule has 0 saturated carbocycles. The molecule has 0 unspecified atom stereocenters. The van der Waals surface area contributed by atoms with Crippen LogP contribution in [0.1, 0.15) is 19.8 Å². The minimum absolute atomic E-state index is 0.100. The molecule has 1 aromatic heterocycles. The number of allylic oxidation sites excluding steroid dienone is 2. The Bertz CT molecular complexity index is 509. The molecule has 0 radical (unpaired) electrons. The zero-order valence-corrected chi connectivity index (χ0v) is 10.2. The fourth-order valence-corrected chi connectivity index (χ4v) is 3.23. The number of anilines is 1. The van der Waals surface area contributed by atoms with Crippen molar-refractivity contribution in [2.45, 2.75) is 19.8 Å². The molecular weight excluding hydrogens is 236 g/mol. The normalized spacial score (nSPS) is 32.1. The number of thiazole rings is 1. The van der Waals surface area contributed by atoms with Gasteiger partial charge in [-0.3, -0.25) is 9.59 Å². The van der Waals surface area contributed by atoms with E-state index in [2.05, 4.69) is 4.98 Å². The summed E-state index contributed by atoms with van der Waals surface area (Å²) in [4.78, 5) is 30.0. The van der Waals surface area contributed by atoms with Gasteiger partial charge in [-0.15, -0.1) is 11.3 Å². The Labute approximate surface area is 103 Å². The molecule has 17 heavy (non-hydrogen) atoms. The van der Waals surface area contributed by atoms with Gasteiger partial charge in [-0.2, -0.15) is 0 Å². The molecule has 1 aromatic rings. The Morgan fingerprint density at radius 1 is 1.47 bits per heavy atom. The summed E-state index contributed by atoms with van der Waals surface area (Å²) in [5.41, 5.74) is -0.572. The summed E-state index contributed by atoms with van der Waals surface area (Å²) in [6, 6.07) is 0. The predicted molar refractivity (Wildman–Crippen MR) is 64.6 cm³/mol. The standard InChI is InChI=1S/C12H12N2O2S/c1-12-5-3-2-4-8(12)9(15)14(10(12)16)11-13-6-7-17-11/h2-3,6-8H,4-5H2,1H3/t8-,12+/m1/s1. The molecule has 0 spiro atoms. The Balaban J connectivity index is 2.06. The van der Waals surface area contributed by atoms with Gasteiger partial charge in [0.2, 0.25) is 11.8 Å². The predicted octanol–water partition coefficient (Wildman–Crippen LogP) is 1.99. The third kappa shape index (κ3) is 1.32. The van der Waals surface area contributed by atoms with Crippen molar-refractivity contribution in [2.24, 2.45) is 11.3 Å². The van der Waals surface area contributed by atoms with Crippen molar-refractivity contribution in [2.75, 3.05) is 4.90 Å². The van der Waals surface area contributed by atoms with Crippen LogP contribution < -0.4 is 4.90 Å². The number of aromatic nitrogens is 1. The summed E-state index contributed by atoms with van der Waals surface area (Å²) >= 11 is 1.32. The Morgan fingerprint density at radius 3 is 2.94 bits per heavy atom. The zero-order valence-electron chi connectivity index (χ0n) is 9.42. The highest BCUT2D eigenvalue weighted by Crippen LogP contribution is 2.47. The van der Waals surface area contributed by atoms with Gasteiger partial charge in [-0.25, -0.2) is 9.88 Å². The van der Waals surface area contributed by atoms with Gasteiger partial charge >= 0.3 is 0 Å². The van der Waals surface area contributed by atoms with Crippen molar-refractivity contribution in [3.63, 3.8) is 0 Å². The lowest BCUT2D eigenvalue weighted by atomic mass is 9.72. The fourth-order valence-electron chi connectivity index (χ4n) is 2.59. The molecular formula is C12H12N2O2S. The van der Waals surface area contributed by atoms with E-state index < -0.39 is 5.41 Å². The number of hydrogen-bond acceptors (Lipinski definition) is 4. The SMILES string of the molecule is C[C@]12CC=CC[C@@H]1C(=O)N(c1nccs1)C2=O. The van der Waals surface area contributed by atoms with Crippen LogP contribution in [-0.2, 0) is 9.59 Å². The first-order valence-electron chi connectivity index (χ1n) is 5.57. The molecule has 1 fully saturated rings. The maximum absolute atomic E-state index is 12.4. The number of imide groups is 1. The molecule has 1 saturated heterocycles. The van der Waals surface area contributed by atoms with Crippen molar-refractivity contribution < 1.29 is 9.59 Å². The van der Waals surface area contributed by atoms with E-state index in [9.17, 15) is 9.59 Å². The molecule has 2 atom stereocenters. The van der Waals surface area contributed by atoms with Crippen LogP contribution in [0.5, 0.6) is 0 Å². The first-order chi connectivity index (χ1) is 8.14. The highest BCUT2D eigenvalue weighted by atomic mass is 32.1. The topological polar surface area (TPSA) is 50.3 Å². The molecule has 1 aliphatic heterocycles. The Hall–Kier alpha value is -1.49. The largest absolute Gasteiger partial charge is 0.274 e. The molecule has 4 nitrogen and oxygen atoms in total. The summed E-state index contributed by atoms with van der Waals surface area (Å²) in [5.74, 6) is -0.424. The maximum Gasteiger partial charge on any atom is 0.242 e. The van der Waals surface area contributed by atoms with Gasteiger partial charge in [-0.05, 0) is 19.8 Å². The summed E-state index contributed by atoms with van der Waals surface area (Å²) in [6.07, 6.45) is 6.89. The first kappa shape index (κ1) is 10.7. The van der Waals surface area contributed by atoms with E-state index in [0.717, 1.165) is 0 Å². The van der Waals surface area contributed by atoms with E-state index in [4.69, 9.17) is 0 Å². The number of amides is 2. The van der Waals surface area contributed by atoms with Gasteiger partial charge in [0.1, 0.15) is 0 Å². The number of carbonyl (C=O) groups excluding carboxylic acids is 2. The molecule has 0 aromatic carbocycles. The molecule has 5 heteroatoms. The van der Waals surface area contributed by atoms with Crippen LogP contribution in [0.3, 0.4) is 0 Å². The van der Waals surface area contributed by atoms with Crippen LogP contribution in [0.25, 0.3) is 0 Å². The van der Waals surface area contributed by atoms with Gasteiger partial charge in [0, 0.05) is 11.6 Å². The molecule has 0 bridgehead atoms. The molecule has 1 aliphatic carbocycles. The molecule has 88 valence electrons. The third-order valence-corrected chi connectivity index (χ3v) is 4.43. The van der Waals surface area contributed by atoms with Gasteiger partial charge < -0.3 is 0 Å². The summed E-state index contributed by atoms with van der Waals surface area (Å²) in [6.45, 7) is 1.88. The average molecular weight is 248 g/mol. The number of rotatable bonds is 1. The second kappa shape index (κ2) is 3.50. The monoisotopic (exact) mass is 248 g/mol. The summed E-state index contributed by atoms with van der Waals surface area (Å²) in [7, 11) is 0. The second-order valence-electron chi connectivity index (χ2n) is 4.67. The Kier molecular flexibility index (Phi) is 2.19. The first-order valence-corrected chi connectivity index (χ1v) is 6.45. The van der Waals surface area contributed by atoms with Gasteiger partial charge in [0.15, 0.2) is 5.13 Å². The lowest BCUT2D eigenvalue weighted by Crippen LogP contribution is -2.34. The van der Waals surface area contributed by atoms with Crippen LogP contribution in [0, 0.1) is 11.3 Å². The smallest absolute Gasteiger partial charge is 0.242 e. The number of carbonyl (C=O) groups is 2. The Morgan fingerprint density at radius 2 is 2.29 bits per heavy atom. The third-order valence-electron chi connectivity index (χ3n) is 3.67. The summed E-state index contributed by atoms with van der Waals surface area (Å²) in [5, 5.41) is 2.27. The quantitative estimate of drug-likeness (QED) is 0.564. The van der Waals surface area contributed by atoms with Crippen molar-refractivity contribution >= 4 is 28.3 Å². The van der Waals surface area contributed by atoms with Crippen LogP contribution in [0.15, 0.2) is 23.7 Å². The van der Waals surface area contributed by atoms with E-state index >= 15 is 0 Å². The van der Waals surface area contributed by atoms with Crippen molar-refractivity contribution in [3.8, 4) is 0 Å². The molecule has 2 heterocycles. The summed E-state index contributed by atoms with van der Waals surface area (Å²) < 4.78 is 0. The van der Waals surface area contributed by atoms with Gasteiger partial charge in [0.25, 0.3) is 0 Å².